The minimum atomic E-state index is -0.259. The highest BCUT2D eigenvalue weighted by molar-refractivity contribution is 7.99. The van der Waals surface area contributed by atoms with E-state index in [2.05, 4.69) is 20.5 Å². The summed E-state index contributed by atoms with van der Waals surface area (Å²) in [4.78, 5) is 20.6. The van der Waals surface area contributed by atoms with E-state index in [0.717, 1.165) is 11.4 Å². The topological polar surface area (TPSA) is 85.7 Å². The number of benzene rings is 1. The van der Waals surface area contributed by atoms with Crippen molar-refractivity contribution in [3.63, 3.8) is 0 Å². The van der Waals surface area contributed by atoms with Crippen LogP contribution in [0.4, 0.5) is 0 Å². The van der Waals surface area contributed by atoms with E-state index in [1.807, 2.05) is 40.7 Å². The second-order valence-corrected chi connectivity index (χ2v) is 7.79. The van der Waals surface area contributed by atoms with Crippen LogP contribution in [0.2, 0.25) is 5.02 Å². The lowest BCUT2D eigenvalue weighted by Crippen LogP contribution is -2.19. The molecule has 0 aliphatic heterocycles. The van der Waals surface area contributed by atoms with Crippen molar-refractivity contribution < 1.29 is 14.3 Å². The van der Waals surface area contributed by atoms with Gasteiger partial charge in [-0.05, 0) is 58.4 Å². The Hall–Kier alpha value is -2.32. The van der Waals surface area contributed by atoms with Gasteiger partial charge in [0, 0.05) is 11.4 Å². The van der Waals surface area contributed by atoms with Gasteiger partial charge in [0.25, 0.3) is 5.91 Å². The molecule has 0 saturated heterocycles. The number of nitrogens with one attached hydrogen (secondary N) is 1. The number of carbonyl (C=O) groups excluding carboxylic acids is 1. The Morgan fingerprint density at radius 2 is 1.97 bits per heavy atom. The van der Waals surface area contributed by atoms with Crippen molar-refractivity contribution in [1.82, 2.24) is 15.4 Å². The molecule has 0 bridgehead atoms. The normalized spacial score (nSPS) is 11.1. The summed E-state index contributed by atoms with van der Waals surface area (Å²) in [5, 5.41) is 4.97. The van der Waals surface area contributed by atoms with Gasteiger partial charge in [-0.3, -0.25) is 4.79 Å². The van der Waals surface area contributed by atoms with Gasteiger partial charge in [0.2, 0.25) is 0 Å². The molecule has 0 saturated carbocycles. The molecule has 2 rings (SSSR count). The molecule has 0 fully saturated rings. The molecule has 2 aromatic rings. The molecule has 1 aromatic heterocycles. The Balaban J connectivity index is 1.98. The smallest absolute Gasteiger partial charge is 0.250 e. The molecule has 7 nitrogen and oxygen atoms in total. The number of rotatable bonds is 9. The van der Waals surface area contributed by atoms with Crippen LogP contribution in [0, 0.1) is 13.8 Å². The molecule has 0 aliphatic carbocycles. The van der Waals surface area contributed by atoms with Crippen LogP contribution in [0.3, 0.4) is 0 Å². The first-order chi connectivity index (χ1) is 13.8. The monoisotopic (exact) mass is 436 g/mol. The molecule has 29 heavy (non-hydrogen) atoms. The van der Waals surface area contributed by atoms with Gasteiger partial charge in [0.1, 0.15) is 0 Å². The lowest BCUT2D eigenvalue weighted by molar-refractivity contribution is -0.118. The summed E-state index contributed by atoms with van der Waals surface area (Å²) < 4.78 is 11.3. The molecule has 0 radical (unpaired) electrons. The van der Waals surface area contributed by atoms with E-state index in [0.29, 0.717) is 33.8 Å². The van der Waals surface area contributed by atoms with Gasteiger partial charge >= 0.3 is 0 Å². The lowest BCUT2D eigenvalue weighted by Gasteiger charge is -2.16. The van der Waals surface area contributed by atoms with E-state index in [-0.39, 0.29) is 17.8 Å². The summed E-state index contributed by atoms with van der Waals surface area (Å²) in [6, 6.07) is 5.35. The van der Waals surface area contributed by atoms with Gasteiger partial charge in [-0.2, -0.15) is 5.10 Å². The molecular formula is C20H25ClN4O3S. The zero-order chi connectivity index (χ0) is 21.4. The maximum atomic E-state index is 12.0. The fourth-order valence-electron chi connectivity index (χ4n) is 2.37. The van der Waals surface area contributed by atoms with Crippen molar-refractivity contribution in [1.29, 1.82) is 0 Å². The molecule has 156 valence electrons. The van der Waals surface area contributed by atoms with Crippen molar-refractivity contribution in [2.45, 2.75) is 45.9 Å². The number of amides is 1. The Morgan fingerprint density at radius 1 is 1.28 bits per heavy atom. The van der Waals surface area contributed by atoms with Crippen LogP contribution < -0.4 is 14.9 Å². The Labute approximate surface area is 180 Å². The van der Waals surface area contributed by atoms with Crippen LogP contribution in [0.25, 0.3) is 0 Å². The van der Waals surface area contributed by atoms with Crippen molar-refractivity contribution in [3.8, 4) is 11.5 Å². The highest BCUT2D eigenvalue weighted by atomic mass is 35.5. The highest BCUT2D eigenvalue weighted by Gasteiger charge is 2.13. The number of hydrazone groups is 1. The van der Waals surface area contributed by atoms with Crippen LogP contribution in [-0.4, -0.2) is 40.6 Å². The Bertz CT molecular complexity index is 870. The van der Waals surface area contributed by atoms with Gasteiger partial charge in [-0.15, -0.1) is 0 Å². The maximum Gasteiger partial charge on any atom is 0.250 e. The van der Waals surface area contributed by atoms with E-state index < -0.39 is 0 Å². The van der Waals surface area contributed by atoms with Crippen LogP contribution in [0.5, 0.6) is 11.5 Å². The van der Waals surface area contributed by atoms with Crippen molar-refractivity contribution in [2.75, 3.05) is 12.4 Å². The SMILES string of the molecule is CCOc1cc(/C=N\NC(=O)CSc2nc(C)cc(C)n2)cc(Cl)c1OC(C)C. The predicted octanol–water partition coefficient (Wildman–Crippen LogP) is 4.18. The summed E-state index contributed by atoms with van der Waals surface area (Å²) in [5.74, 6) is 0.926. The number of aromatic nitrogens is 2. The number of hydrogen-bond donors (Lipinski definition) is 1. The molecule has 1 heterocycles. The summed E-state index contributed by atoms with van der Waals surface area (Å²) >= 11 is 7.58. The number of ether oxygens (including phenoxy) is 2. The molecular weight excluding hydrogens is 412 g/mol. The number of nitrogens with zero attached hydrogens (tertiary/aromatic N) is 3. The number of thioether (sulfide) groups is 1. The van der Waals surface area contributed by atoms with E-state index in [1.54, 1.807) is 12.1 Å². The molecule has 0 atom stereocenters. The number of aryl methyl sites for hydroxylation is 2. The van der Waals surface area contributed by atoms with E-state index >= 15 is 0 Å². The van der Waals surface area contributed by atoms with E-state index in [9.17, 15) is 4.79 Å². The average Bonchev–Trinajstić information content (AvgIpc) is 2.62. The lowest BCUT2D eigenvalue weighted by atomic mass is 10.2. The van der Waals surface area contributed by atoms with Crippen molar-refractivity contribution >= 4 is 35.5 Å². The first kappa shape index (κ1) is 23.0. The van der Waals surface area contributed by atoms with Gasteiger partial charge in [0.05, 0.1) is 29.7 Å². The quantitative estimate of drug-likeness (QED) is 0.275. The summed E-state index contributed by atoms with van der Waals surface area (Å²) in [6.07, 6.45) is 1.47. The third-order valence-electron chi connectivity index (χ3n) is 3.38. The van der Waals surface area contributed by atoms with Crippen LogP contribution in [0.1, 0.15) is 37.7 Å². The third kappa shape index (κ3) is 7.55. The van der Waals surface area contributed by atoms with Crippen molar-refractivity contribution in [3.05, 3.63) is 40.2 Å². The van der Waals surface area contributed by atoms with Gasteiger partial charge in [-0.25, -0.2) is 15.4 Å². The van der Waals surface area contributed by atoms with Crippen LogP contribution in [-0.2, 0) is 4.79 Å². The summed E-state index contributed by atoms with van der Waals surface area (Å²) in [7, 11) is 0. The number of halogens is 1. The Morgan fingerprint density at radius 3 is 2.59 bits per heavy atom. The molecule has 0 unspecified atom stereocenters. The molecule has 9 heteroatoms. The Kier molecular flexibility index (Phi) is 8.72. The average molecular weight is 437 g/mol. The predicted molar refractivity (Wildman–Crippen MR) is 116 cm³/mol. The molecule has 1 N–H and O–H groups in total. The van der Waals surface area contributed by atoms with Gasteiger partial charge in [0.15, 0.2) is 16.7 Å². The second kappa shape index (κ2) is 11.0. The van der Waals surface area contributed by atoms with E-state index in [4.69, 9.17) is 21.1 Å². The third-order valence-corrected chi connectivity index (χ3v) is 4.51. The zero-order valence-electron chi connectivity index (χ0n) is 17.2. The minimum Gasteiger partial charge on any atom is -0.490 e. The highest BCUT2D eigenvalue weighted by Crippen LogP contribution is 2.37. The van der Waals surface area contributed by atoms with Crippen LogP contribution >= 0.6 is 23.4 Å². The summed E-state index contributed by atoms with van der Waals surface area (Å²) in [6.45, 7) is 9.96. The van der Waals surface area contributed by atoms with Crippen molar-refractivity contribution in [2.24, 2.45) is 5.10 Å². The van der Waals surface area contributed by atoms with Gasteiger partial charge in [-0.1, -0.05) is 23.4 Å². The molecule has 1 amide bonds. The van der Waals surface area contributed by atoms with Crippen LogP contribution in [0.15, 0.2) is 28.5 Å². The molecule has 1 aromatic carbocycles. The fourth-order valence-corrected chi connectivity index (χ4v) is 3.38. The molecule has 0 spiro atoms. The number of hydrogen-bond acceptors (Lipinski definition) is 7. The second-order valence-electron chi connectivity index (χ2n) is 6.44. The summed E-state index contributed by atoms with van der Waals surface area (Å²) in [5.41, 5.74) is 4.90. The molecule has 0 aliphatic rings. The first-order valence-electron chi connectivity index (χ1n) is 9.18. The first-order valence-corrected chi connectivity index (χ1v) is 10.5. The maximum absolute atomic E-state index is 12.0. The fraction of sp³-hybridized carbons (Fsp3) is 0.400. The standard InChI is InChI=1S/C20H25ClN4O3S/c1-6-27-17-9-15(8-16(21)19(17)28-12(2)3)10-22-25-18(26)11-29-20-23-13(4)7-14(5)24-20/h7-10,12H,6,11H2,1-5H3,(H,25,26)/b22-10-. The largest absolute Gasteiger partial charge is 0.490 e. The minimum absolute atomic E-state index is 0.0378. The van der Waals surface area contributed by atoms with Gasteiger partial charge < -0.3 is 9.47 Å². The zero-order valence-corrected chi connectivity index (χ0v) is 18.7. The van der Waals surface area contributed by atoms with E-state index in [1.165, 1.54) is 18.0 Å². The number of carbonyl (C=O) groups is 1.